The van der Waals surface area contributed by atoms with E-state index in [1.54, 1.807) is 0 Å². The summed E-state index contributed by atoms with van der Waals surface area (Å²) in [6.45, 7) is 2.76. The molecule has 0 aliphatic carbocycles. The predicted octanol–water partition coefficient (Wildman–Crippen LogP) is 1.63. The first-order valence-corrected chi connectivity index (χ1v) is 6.33. The number of nitrogens with two attached hydrogens (primary N) is 1. The van der Waals surface area contributed by atoms with Gasteiger partial charge in [-0.2, -0.15) is 5.21 Å². The zero-order chi connectivity index (χ0) is 12.8. The highest BCUT2D eigenvalue weighted by molar-refractivity contribution is 5.32. The van der Waals surface area contributed by atoms with Crippen molar-refractivity contribution < 1.29 is 0 Å². The molecule has 1 aromatic carbocycles. The lowest BCUT2D eigenvalue weighted by Crippen LogP contribution is -2.32. The van der Waals surface area contributed by atoms with Crippen molar-refractivity contribution in [3.8, 4) is 0 Å². The highest BCUT2D eigenvalue weighted by Gasteiger charge is 2.36. The van der Waals surface area contributed by atoms with Crippen molar-refractivity contribution >= 4 is 0 Å². The molecule has 1 unspecified atom stereocenters. The molecule has 0 aliphatic rings. The lowest BCUT2D eigenvalue weighted by molar-refractivity contribution is 0.413. The van der Waals surface area contributed by atoms with Crippen molar-refractivity contribution in [2.75, 3.05) is 6.54 Å². The van der Waals surface area contributed by atoms with Crippen LogP contribution in [0.3, 0.4) is 0 Å². The first-order valence-electron chi connectivity index (χ1n) is 6.33. The first kappa shape index (κ1) is 12.7. The van der Waals surface area contributed by atoms with E-state index in [0.717, 1.165) is 25.1 Å². The molecular weight excluding hydrogens is 226 g/mol. The number of nitrogens with zero attached hydrogens (tertiary/aromatic N) is 3. The number of H-pyrrole nitrogens is 1. The third-order valence-electron chi connectivity index (χ3n) is 3.35. The predicted molar refractivity (Wildman–Crippen MR) is 70.0 cm³/mol. The summed E-state index contributed by atoms with van der Waals surface area (Å²) >= 11 is 0. The maximum absolute atomic E-state index is 5.80. The van der Waals surface area contributed by atoms with Gasteiger partial charge in [0.05, 0.1) is 5.41 Å². The number of hydrogen-bond donors (Lipinski definition) is 2. The van der Waals surface area contributed by atoms with Crippen LogP contribution in [0.4, 0.5) is 0 Å². The van der Waals surface area contributed by atoms with Crippen LogP contribution in [0, 0.1) is 0 Å². The Hall–Kier alpha value is -1.75. The Labute approximate surface area is 107 Å². The van der Waals surface area contributed by atoms with Gasteiger partial charge < -0.3 is 5.73 Å². The fourth-order valence-corrected chi connectivity index (χ4v) is 2.56. The topological polar surface area (TPSA) is 80.5 Å². The monoisotopic (exact) mass is 245 g/mol. The van der Waals surface area contributed by atoms with Gasteiger partial charge in [-0.3, -0.25) is 0 Å². The number of benzene rings is 1. The Kier molecular flexibility index (Phi) is 4.04. The van der Waals surface area contributed by atoms with Crippen molar-refractivity contribution in [2.45, 2.75) is 31.6 Å². The van der Waals surface area contributed by atoms with Crippen LogP contribution in [-0.2, 0) is 5.41 Å². The van der Waals surface area contributed by atoms with Crippen molar-refractivity contribution in [1.82, 2.24) is 20.6 Å². The minimum absolute atomic E-state index is 0.224. The van der Waals surface area contributed by atoms with Crippen LogP contribution < -0.4 is 5.73 Å². The molecule has 1 atom stereocenters. The highest BCUT2D eigenvalue weighted by atomic mass is 15.5. The van der Waals surface area contributed by atoms with E-state index in [-0.39, 0.29) is 5.41 Å². The van der Waals surface area contributed by atoms with E-state index in [1.807, 2.05) is 18.2 Å². The quantitative estimate of drug-likeness (QED) is 0.810. The van der Waals surface area contributed by atoms with E-state index in [4.69, 9.17) is 5.73 Å². The molecule has 0 saturated carbocycles. The van der Waals surface area contributed by atoms with Crippen molar-refractivity contribution in [2.24, 2.45) is 5.73 Å². The average molecular weight is 245 g/mol. The fraction of sp³-hybridized carbons (Fsp3) is 0.462. The standard InChI is InChI=1S/C13H19N5/c1-2-8-13(9-10-14,12-15-17-18-16-12)11-6-4-3-5-7-11/h3-7H,2,8-10,14H2,1H3,(H,15,16,17,18). The molecule has 0 amide bonds. The van der Waals surface area contributed by atoms with E-state index < -0.39 is 0 Å². The van der Waals surface area contributed by atoms with Gasteiger partial charge in [0.2, 0.25) is 0 Å². The van der Waals surface area contributed by atoms with Crippen LogP contribution in [0.15, 0.2) is 30.3 Å². The molecule has 2 aromatic rings. The maximum Gasteiger partial charge on any atom is 0.185 e. The van der Waals surface area contributed by atoms with Crippen LogP contribution in [0.5, 0.6) is 0 Å². The molecule has 5 nitrogen and oxygen atoms in total. The molecule has 0 bridgehead atoms. The third kappa shape index (κ3) is 2.26. The Morgan fingerprint density at radius 3 is 2.56 bits per heavy atom. The number of nitrogens with one attached hydrogen (secondary N) is 1. The first-order chi connectivity index (χ1) is 8.83. The van der Waals surface area contributed by atoms with Crippen LogP contribution in [0.2, 0.25) is 0 Å². The molecule has 3 N–H and O–H groups in total. The van der Waals surface area contributed by atoms with Gasteiger partial charge in [-0.25, -0.2) is 0 Å². The second kappa shape index (κ2) is 5.73. The van der Waals surface area contributed by atoms with E-state index in [1.165, 1.54) is 5.56 Å². The largest absolute Gasteiger partial charge is 0.330 e. The zero-order valence-corrected chi connectivity index (χ0v) is 10.6. The summed E-state index contributed by atoms with van der Waals surface area (Å²) in [5.74, 6) is 0.737. The number of rotatable bonds is 6. The summed E-state index contributed by atoms with van der Waals surface area (Å²) in [6.07, 6.45) is 2.83. The molecule has 0 radical (unpaired) electrons. The van der Waals surface area contributed by atoms with E-state index in [9.17, 15) is 0 Å². The second-order valence-electron chi connectivity index (χ2n) is 4.47. The van der Waals surface area contributed by atoms with Crippen LogP contribution in [-0.4, -0.2) is 27.2 Å². The highest BCUT2D eigenvalue weighted by Crippen LogP contribution is 2.37. The Morgan fingerprint density at radius 2 is 2.00 bits per heavy atom. The van der Waals surface area contributed by atoms with Gasteiger partial charge in [0, 0.05) is 0 Å². The Balaban J connectivity index is 2.50. The van der Waals surface area contributed by atoms with Crippen LogP contribution >= 0.6 is 0 Å². The molecule has 1 aromatic heterocycles. The molecule has 1 heterocycles. The minimum atomic E-state index is -0.224. The van der Waals surface area contributed by atoms with Crippen LogP contribution in [0.25, 0.3) is 0 Å². The maximum atomic E-state index is 5.80. The molecule has 0 saturated heterocycles. The summed E-state index contributed by atoms with van der Waals surface area (Å²) in [7, 11) is 0. The van der Waals surface area contributed by atoms with Crippen LogP contribution in [0.1, 0.15) is 37.6 Å². The lowest BCUT2D eigenvalue weighted by Gasteiger charge is -2.30. The Morgan fingerprint density at radius 1 is 1.22 bits per heavy atom. The number of aromatic amines is 1. The lowest BCUT2D eigenvalue weighted by atomic mass is 9.73. The summed E-state index contributed by atoms with van der Waals surface area (Å²) in [4.78, 5) is 0. The number of aromatic nitrogens is 4. The average Bonchev–Trinajstić information content (AvgIpc) is 2.94. The van der Waals surface area contributed by atoms with Gasteiger partial charge in [-0.15, -0.1) is 10.2 Å². The molecular formula is C13H19N5. The van der Waals surface area contributed by atoms with Crippen molar-refractivity contribution in [3.05, 3.63) is 41.7 Å². The molecule has 0 spiro atoms. The van der Waals surface area contributed by atoms with Gasteiger partial charge in [-0.05, 0) is 24.9 Å². The molecule has 2 rings (SSSR count). The van der Waals surface area contributed by atoms with Gasteiger partial charge in [0.1, 0.15) is 0 Å². The summed E-state index contributed by atoms with van der Waals surface area (Å²) in [5, 5.41) is 14.7. The summed E-state index contributed by atoms with van der Waals surface area (Å²) < 4.78 is 0. The normalized spacial score (nSPS) is 14.3. The smallest absolute Gasteiger partial charge is 0.185 e. The molecule has 18 heavy (non-hydrogen) atoms. The van der Waals surface area contributed by atoms with Gasteiger partial charge in [-0.1, -0.05) is 48.9 Å². The molecule has 0 fully saturated rings. The fourth-order valence-electron chi connectivity index (χ4n) is 2.56. The molecule has 0 aliphatic heterocycles. The SMILES string of the molecule is CCCC(CCN)(c1ccccc1)c1nn[nH]n1. The molecule has 5 heteroatoms. The summed E-state index contributed by atoms with van der Waals surface area (Å²) in [6, 6.07) is 10.3. The van der Waals surface area contributed by atoms with E-state index in [2.05, 4.69) is 39.7 Å². The molecule has 96 valence electrons. The Bertz CT molecular complexity index is 445. The third-order valence-corrected chi connectivity index (χ3v) is 3.35. The van der Waals surface area contributed by atoms with Gasteiger partial charge >= 0.3 is 0 Å². The number of hydrogen-bond acceptors (Lipinski definition) is 4. The van der Waals surface area contributed by atoms with E-state index >= 15 is 0 Å². The summed E-state index contributed by atoms with van der Waals surface area (Å²) in [5.41, 5.74) is 6.78. The van der Waals surface area contributed by atoms with Crippen molar-refractivity contribution in [3.63, 3.8) is 0 Å². The zero-order valence-electron chi connectivity index (χ0n) is 10.6. The van der Waals surface area contributed by atoms with Gasteiger partial charge in [0.15, 0.2) is 5.82 Å². The number of tetrazole rings is 1. The van der Waals surface area contributed by atoms with Gasteiger partial charge in [0.25, 0.3) is 0 Å². The second-order valence-corrected chi connectivity index (χ2v) is 4.47. The van der Waals surface area contributed by atoms with Crippen molar-refractivity contribution in [1.29, 1.82) is 0 Å². The van der Waals surface area contributed by atoms with E-state index in [0.29, 0.717) is 6.54 Å². The minimum Gasteiger partial charge on any atom is -0.330 e.